The second kappa shape index (κ2) is 5.26. The van der Waals surface area contributed by atoms with Gasteiger partial charge in [0.2, 0.25) is 6.41 Å². The number of nitrogens with two attached hydrogens (primary N) is 2. The molecule has 66 valence electrons. The molecule has 0 saturated heterocycles. The van der Waals surface area contributed by atoms with Gasteiger partial charge in [-0.15, -0.1) is 0 Å². The number of carbonyl (C=O) groups is 1. The Bertz CT molecular complexity index is 157. The molecule has 0 fully saturated rings. The van der Waals surface area contributed by atoms with Crippen molar-refractivity contribution in [1.29, 1.82) is 0 Å². The van der Waals surface area contributed by atoms with Crippen molar-refractivity contribution in [2.75, 3.05) is 13.2 Å². The quantitative estimate of drug-likeness (QED) is 0.281. The zero-order valence-electron chi connectivity index (χ0n) is 6.03. The zero-order chi connectivity index (χ0) is 8.74. The van der Waals surface area contributed by atoms with Crippen LogP contribution in [-0.4, -0.2) is 19.6 Å². The van der Waals surface area contributed by atoms with Crippen LogP contribution in [0.3, 0.4) is 0 Å². The molecule has 0 aromatic carbocycles. The average molecular weight is 181 g/mol. The number of hydrogen-bond donors (Lipinski definition) is 3. The lowest BCUT2D eigenvalue weighted by Crippen LogP contribution is -2.15. The Morgan fingerprint density at radius 1 is 1.55 bits per heavy atom. The third-order valence-electron chi connectivity index (χ3n) is 0.842. The van der Waals surface area contributed by atoms with Gasteiger partial charge in [-0.3, -0.25) is 9.36 Å². The Balaban J connectivity index is 3.15. The van der Waals surface area contributed by atoms with Crippen LogP contribution in [0.4, 0.5) is 0 Å². The minimum atomic E-state index is -3.33. The fraction of sp³-hybridized carbons (Fsp3) is 0.750. The van der Waals surface area contributed by atoms with E-state index in [0.717, 1.165) is 0 Å². The molecule has 0 aliphatic heterocycles. The number of rotatable bonds is 6. The molecule has 0 unspecified atom stereocenters. The second-order valence-electron chi connectivity index (χ2n) is 1.90. The molecule has 6 nitrogen and oxygen atoms in total. The van der Waals surface area contributed by atoms with Crippen molar-refractivity contribution in [3.63, 3.8) is 0 Å². The molecular weight excluding hydrogens is 169 g/mol. The Morgan fingerprint density at radius 2 is 2.18 bits per heavy atom. The SMILES string of the molecule is NP(N)(=O)OCCCNC=O. The van der Waals surface area contributed by atoms with Gasteiger partial charge in [0.25, 0.3) is 0 Å². The third kappa shape index (κ3) is 9.58. The summed E-state index contributed by atoms with van der Waals surface area (Å²) in [7, 11) is -3.33. The standard InChI is InChI=1S/C4H12N3O3P/c5-11(6,9)10-3-1-2-7-4-8/h4H,1-3H2,(H,7,8)(H4,5,6,9). The minimum absolute atomic E-state index is 0.186. The molecule has 1 amide bonds. The third-order valence-corrected chi connectivity index (χ3v) is 1.43. The van der Waals surface area contributed by atoms with E-state index in [1.165, 1.54) is 0 Å². The van der Waals surface area contributed by atoms with Crippen LogP contribution in [0, 0.1) is 0 Å². The maximum absolute atomic E-state index is 10.5. The van der Waals surface area contributed by atoms with E-state index >= 15 is 0 Å². The molecule has 0 heterocycles. The normalized spacial score (nSPS) is 11.1. The van der Waals surface area contributed by atoms with Crippen LogP contribution in [0.5, 0.6) is 0 Å². The molecule has 0 aromatic heterocycles. The highest BCUT2D eigenvalue weighted by molar-refractivity contribution is 7.53. The Hall–Kier alpha value is -0.420. The maximum Gasteiger partial charge on any atom is 0.335 e. The van der Waals surface area contributed by atoms with Gasteiger partial charge in [-0.25, -0.2) is 11.0 Å². The van der Waals surface area contributed by atoms with E-state index in [0.29, 0.717) is 19.4 Å². The lowest BCUT2D eigenvalue weighted by atomic mass is 10.5. The van der Waals surface area contributed by atoms with Crippen LogP contribution in [0.25, 0.3) is 0 Å². The first-order valence-corrected chi connectivity index (χ1v) is 4.81. The summed E-state index contributed by atoms with van der Waals surface area (Å²) in [5.41, 5.74) is 9.74. The number of nitrogens with one attached hydrogen (secondary N) is 1. The Morgan fingerprint density at radius 3 is 2.64 bits per heavy atom. The fourth-order valence-corrected chi connectivity index (χ4v) is 0.855. The van der Waals surface area contributed by atoms with E-state index < -0.39 is 7.67 Å². The van der Waals surface area contributed by atoms with Gasteiger partial charge in [0.1, 0.15) is 0 Å². The van der Waals surface area contributed by atoms with Crippen molar-refractivity contribution in [1.82, 2.24) is 5.32 Å². The Labute approximate surface area is 64.8 Å². The van der Waals surface area contributed by atoms with Crippen molar-refractivity contribution in [3.8, 4) is 0 Å². The minimum Gasteiger partial charge on any atom is -0.359 e. The zero-order valence-corrected chi connectivity index (χ0v) is 6.92. The van der Waals surface area contributed by atoms with E-state index in [-0.39, 0.29) is 6.61 Å². The molecule has 0 aliphatic rings. The van der Waals surface area contributed by atoms with E-state index in [9.17, 15) is 9.36 Å². The Kier molecular flexibility index (Phi) is 5.06. The van der Waals surface area contributed by atoms with Gasteiger partial charge in [-0.2, -0.15) is 0 Å². The lowest BCUT2D eigenvalue weighted by molar-refractivity contribution is -0.109. The number of hydrogen-bond acceptors (Lipinski definition) is 3. The summed E-state index contributed by atoms with van der Waals surface area (Å²) in [6, 6.07) is 0. The van der Waals surface area contributed by atoms with Crippen molar-refractivity contribution in [2.45, 2.75) is 6.42 Å². The van der Waals surface area contributed by atoms with Crippen LogP contribution in [0.2, 0.25) is 0 Å². The number of amides is 1. The monoisotopic (exact) mass is 181 g/mol. The molecular formula is C4H12N3O3P. The molecule has 0 aromatic rings. The van der Waals surface area contributed by atoms with E-state index in [4.69, 9.17) is 11.0 Å². The van der Waals surface area contributed by atoms with Crippen LogP contribution in [-0.2, 0) is 13.9 Å². The first-order chi connectivity index (χ1) is 5.06. The van der Waals surface area contributed by atoms with Gasteiger partial charge in [0.05, 0.1) is 6.61 Å². The molecule has 7 heteroatoms. The van der Waals surface area contributed by atoms with E-state index in [2.05, 4.69) is 9.84 Å². The van der Waals surface area contributed by atoms with Crippen molar-refractivity contribution < 1.29 is 13.9 Å². The van der Waals surface area contributed by atoms with Crippen LogP contribution in [0.1, 0.15) is 6.42 Å². The predicted octanol–water partition coefficient (Wildman–Crippen LogP) is -0.835. The first-order valence-electron chi connectivity index (χ1n) is 3.05. The maximum atomic E-state index is 10.5. The van der Waals surface area contributed by atoms with Crippen molar-refractivity contribution >= 4 is 14.1 Å². The van der Waals surface area contributed by atoms with Gasteiger partial charge in [-0.05, 0) is 6.42 Å². The highest BCUT2D eigenvalue weighted by Gasteiger charge is 2.06. The van der Waals surface area contributed by atoms with Crippen LogP contribution >= 0.6 is 7.67 Å². The molecule has 5 N–H and O–H groups in total. The smallest absolute Gasteiger partial charge is 0.335 e. The summed E-state index contributed by atoms with van der Waals surface area (Å²) < 4.78 is 15.0. The topological polar surface area (TPSA) is 107 Å². The van der Waals surface area contributed by atoms with Gasteiger partial charge in [0, 0.05) is 6.54 Å². The summed E-state index contributed by atoms with van der Waals surface area (Å²) in [6.07, 6.45) is 1.11. The molecule has 0 spiro atoms. The highest BCUT2D eigenvalue weighted by atomic mass is 31.2. The molecule has 11 heavy (non-hydrogen) atoms. The summed E-state index contributed by atoms with van der Waals surface area (Å²) >= 11 is 0. The van der Waals surface area contributed by atoms with Gasteiger partial charge < -0.3 is 9.84 Å². The molecule has 0 saturated carbocycles. The second-order valence-corrected chi connectivity index (χ2v) is 3.45. The molecule has 0 aliphatic carbocycles. The largest absolute Gasteiger partial charge is 0.359 e. The van der Waals surface area contributed by atoms with Crippen LogP contribution < -0.4 is 16.3 Å². The summed E-state index contributed by atoms with van der Waals surface area (Å²) in [5, 5.41) is 2.40. The summed E-state index contributed by atoms with van der Waals surface area (Å²) in [5.74, 6) is 0. The van der Waals surface area contributed by atoms with Crippen molar-refractivity contribution in [3.05, 3.63) is 0 Å². The molecule has 0 radical (unpaired) electrons. The predicted molar refractivity (Wildman–Crippen MR) is 40.6 cm³/mol. The van der Waals surface area contributed by atoms with Gasteiger partial charge >= 0.3 is 7.67 Å². The summed E-state index contributed by atoms with van der Waals surface area (Å²) in [4.78, 5) is 9.71. The fourth-order valence-electron chi connectivity index (χ4n) is 0.440. The first kappa shape index (κ1) is 10.6. The molecule has 0 rings (SSSR count). The highest BCUT2D eigenvalue weighted by Crippen LogP contribution is 2.25. The van der Waals surface area contributed by atoms with Crippen molar-refractivity contribution in [2.24, 2.45) is 11.0 Å². The molecule has 0 atom stereocenters. The molecule has 0 bridgehead atoms. The number of carbonyl (C=O) groups excluding carboxylic acids is 1. The average Bonchev–Trinajstić information content (AvgIpc) is 1.85. The lowest BCUT2D eigenvalue weighted by Gasteiger charge is -2.06. The summed E-state index contributed by atoms with van der Waals surface area (Å²) in [6.45, 7) is 0.647. The van der Waals surface area contributed by atoms with E-state index in [1.807, 2.05) is 0 Å². The van der Waals surface area contributed by atoms with E-state index in [1.54, 1.807) is 0 Å². The van der Waals surface area contributed by atoms with Crippen LogP contribution in [0.15, 0.2) is 0 Å². The van der Waals surface area contributed by atoms with Gasteiger partial charge in [0.15, 0.2) is 0 Å². The van der Waals surface area contributed by atoms with Gasteiger partial charge in [-0.1, -0.05) is 0 Å².